The Hall–Kier alpha value is -0.543. The molecule has 0 fully saturated rings. The van der Waals surface area contributed by atoms with Crippen molar-refractivity contribution >= 4 is 24.9 Å². The lowest BCUT2D eigenvalue weighted by molar-refractivity contribution is 0.416. The molecule has 72 valence electrons. The number of halogens is 1. The fourth-order valence-electron chi connectivity index (χ4n) is 1.21. The van der Waals surface area contributed by atoms with Crippen LogP contribution < -0.4 is 9.92 Å². The van der Waals surface area contributed by atoms with Gasteiger partial charge in [0.15, 0.2) is 10.9 Å². The van der Waals surface area contributed by atoms with E-state index in [-0.39, 0.29) is 0 Å². The summed E-state index contributed by atoms with van der Waals surface area (Å²) in [5.41, 5.74) is 0. The van der Waals surface area contributed by atoms with Crippen molar-refractivity contribution in [3.05, 3.63) is 17.4 Å². The Morgan fingerprint density at radius 2 is 2.00 bits per heavy atom. The minimum atomic E-state index is -1.38. The van der Waals surface area contributed by atoms with Gasteiger partial charge in [0.2, 0.25) is 0 Å². The van der Waals surface area contributed by atoms with Gasteiger partial charge in [0.1, 0.15) is 0 Å². The summed E-state index contributed by atoms with van der Waals surface area (Å²) >= 11 is 5.92. The lowest BCUT2D eigenvalue weighted by Crippen LogP contribution is -2.38. The summed E-state index contributed by atoms with van der Waals surface area (Å²) in [6.07, 6.45) is 1.73. The molecule has 0 N–H and O–H groups in total. The Kier molecular flexibility index (Phi) is 2.98. The Morgan fingerprint density at radius 3 is 2.38 bits per heavy atom. The van der Waals surface area contributed by atoms with Gasteiger partial charge in [0.05, 0.1) is 15.2 Å². The molecule has 0 spiro atoms. The number of hydrogen-bond donors (Lipinski definition) is 0. The third-order valence-corrected chi connectivity index (χ3v) is 4.15. The zero-order valence-corrected chi connectivity index (χ0v) is 10.1. The first-order chi connectivity index (χ1) is 5.96. The van der Waals surface area contributed by atoms with Gasteiger partial charge in [-0.2, -0.15) is 0 Å². The second-order valence-electron chi connectivity index (χ2n) is 3.93. The van der Waals surface area contributed by atoms with Gasteiger partial charge in [-0.15, -0.1) is 0 Å². The van der Waals surface area contributed by atoms with Gasteiger partial charge in [0, 0.05) is 6.20 Å². The number of aromatic nitrogens is 1. The summed E-state index contributed by atoms with van der Waals surface area (Å²) in [4.78, 5) is 3.99. The summed E-state index contributed by atoms with van der Waals surface area (Å²) in [5, 5.41) is 1.68. The van der Waals surface area contributed by atoms with Crippen molar-refractivity contribution in [3.63, 3.8) is 0 Å². The lowest BCUT2D eigenvalue weighted by atomic mass is 10.4. The molecule has 0 aliphatic heterocycles. The van der Waals surface area contributed by atoms with Crippen LogP contribution in [0.1, 0.15) is 0 Å². The van der Waals surface area contributed by atoms with E-state index in [0.29, 0.717) is 5.15 Å². The smallest absolute Gasteiger partial charge is 0.170 e. The summed E-state index contributed by atoms with van der Waals surface area (Å²) in [6, 6.07) is 2.00. The number of hydrogen-bond acceptors (Lipinski definition) is 2. The molecule has 0 bridgehead atoms. The van der Waals surface area contributed by atoms with Crippen LogP contribution >= 0.6 is 11.6 Å². The third kappa shape index (κ3) is 2.23. The molecule has 1 aromatic heterocycles. The van der Waals surface area contributed by atoms with Gasteiger partial charge in [-0.3, -0.25) is 0 Å². The molecule has 0 saturated carbocycles. The second kappa shape index (κ2) is 3.68. The number of pyridine rings is 1. The highest BCUT2D eigenvalue weighted by atomic mass is 35.5. The highest BCUT2D eigenvalue weighted by molar-refractivity contribution is 6.89. The first kappa shape index (κ1) is 10.5. The van der Waals surface area contributed by atoms with Gasteiger partial charge in [-0.25, -0.2) is 4.98 Å². The molecule has 0 amide bonds. The van der Waals surface area contributed by atoms with E-state index in [9.17, 15) is 0 Å². The predicted octanol–water partition coefficient (Wildman–Crippen LogP) is 2.29. The first-order valence-electron chi connectivity index (χ1n) is 4.16. The van der Waals surface area contributed by atoms with E-state index >= 15 is 0 Å². The van der Waals surface area contributed by atoms with Crippen LogP contribution in [0.4, 0.5) is 0 Å². The van der Waals surface area contributed by atoms with Crippen molar-refractivity contribution in [1.29, 1.82) is 0 Å². The van der Waals surface area contributed by atoms with Gasteiger partial charge in [-0.05, 0) is 11.3 Å². The molecule has 1 heterocycles. The van der Waals surface area contributed by atoms with Crippen LogP contribution in [0.3, 0.4) is 0 Å². The average Bonchev–Trinajstić information content (AvgIpc) is 2.02. The molecule has 13 heavy (non-hydrogen) atoms. The van der Waals surface area contributed by atoms with Crippen LogP contribution in [-0.2, 0) is 0 Å². The van der Waals surface area contributed by atoms with Crippen LogP contribution in [0, 0.1) is 0 Å². The molecule has 0 aliphatic rings. The molecule has 0 aromatic carbocycles. The maximum Gasteiger partial charge on any atom is 0.170 e. The van der Waals surface area contributed by atoms with Crippen LogP contribution in [0.15, 0.2) is 12.3 Å². The van der Waals surface area contributed by atoms with Crippen LogP contribution in [0.2, 0.25) is 24.8 Å². The Balaban J connectivity index is 3.29. The van der Waals surface area contributed by atoms with E-state index in [1.807, 2.05) is 6.07 Å². The summed E-state index contributed by atoms with van der Waals surface area (Å²) in [7, 11) is 0.252. The molecular formula is C9H14ClNOSi. The fourth-order valence-corrected chi connectivity index (χ4v) is 3.00. The zero-order valence-electron chi connectivity index (χ0n) is 8.39. The van der Waals surface area contributed by atoms with Crippen LogP contribution in [0.5, 0.6) is 5.75 Å². The first-order valence-corrected chi connectivity index (χ1v) is 8.03. The standard InChI is InChI=1S/C9H14ClNOSi/c1-12-8-7(13(2,3)4)5-6-11-9(8)10/h5-6H,1-4H3. The number of nitrogens with zero attached hydrogens (tertiary/aromatic N) is 1. The molecule has 0 atom stereocenters. The predicted molar refractivity (Wildman–Crippen MR) is 58.8 cm³/mol. The van der Waals surface area contributed by atoms with Crippen molar-refractivity contribution in [3.8, 4) is 5.75 Å². The topological polar surface area (TPSA) is 22.1 Å². The zero-order chi connectivity index (χ0) is 10.1. The summed E-state index contributed by atoms with van der Waals surface area (Å²) in [5.74, 6) is 0.739. The Labute approximate surface area is 84.9 Å². The van der Waals surface area contributed by atoms with Gasteiger partial charge < -0.3 is 4.74 Å². The molecule has 0 unspecified atom stereocenters. The molecular weight excluding hydrogens is 202 g/mol. The quantitative estimate of drug-likeness (QED) is 0.558. The fraction of sp³-hybridized carbons (Fsp3) is 0.444. The third-order valence-electron chi connectivity index (χ3n) is 1.87. The van der Waals surface area contributed by atoms with Gasteiger partial charge >= 0.3 is 0 Å². The van der Waals surface area contributed by atoms with Gasteiger partial charge in [0.25, 0.3) is 0 Å². The van der Waals surface area contributed by atoms with Crippen LogP contribution in [0.25, 0.3) is 0 Å². The number of methoxy groups -OCH3 is 1. The van der Waals surface area contributed by atoms with Gasteiger partial charge in [-0.1, -0.05) is 31.2 Å². The molecule has 0 saturated heterocycles. The highest BCUT2D eigenvalue weighted by Gasteiger charge is 2.22. The maximum absolute atomic E-state index is 5.92. The number of rotatable bonds is 2. The highest BCUT2D eigenvalue weighted by Crippen LogP contribution is 2.21. The Bertz CT molecular complexity index is 309. The molecule has 0 aliphatic carbocycles. The maximum atomic E-state index is 5.92. The number of ether oxygens (including phenoxy) is 1. The molecule has 4 heteroatoms. The van der Waals surface area contributed by atoms with Crippen molar-refractivity contribution in [2.75, 3.05) is 7.11 Å². The SMILES string of the molecule is COc1c([Si](C)(C)C)ccnc1Cl. The largest absolute Gasteiger partial charge is 0.494 e. The van der Waals surface area contributed by atoms with Crippen molar-refractivity contribution in [1.82, 2.24) is 4.98 Å². The van der Waals surface area contributed by atoms with Crippen LogP contribution in [-0.4, -0.2) is 20.2 Å². The Morgan fingerprint density at radius 1 is 1.38 bits per heavy atom. The molecule has 0 radical (unpaired) electrons. The van der Waals surface area contributed by atoms with E-state index in [0.717, 1.165) is 5.75 Å². The minimum Gasteiger partial charge on any atom is -0.494 e. The summed E-state index contributed by atoms with van der Waals surface area (Å²) in [6.45, 7) is 6.75. The van der Waals surface area contributed by atoms with E-state index in [1.54, 1.807) is 13.3 Å². The lowest BCUT2D eigenvalue weighted by Gasteiger charge is -2.19. The van der Waals surface area contributed by atoms with E-state index in [4.69, 9.17) is 16.3 Å². The molecule has 1 aromatic rings. The van der Waals surface area contributed by atoms with Crippen molar-refractivity contribution in [2.24, 2.45) is 0 Å². The molecule has 1 rings (SSSR count). The molecule has 2 nitrogen and oxygen atoms in total. The van der Waals surface area contributed by atoms with E-state index in [2.05, 4.69) is 24.6 Å². The monoisotopic (exact) mass is 215 g/mol. The van der Waals surface area contributed by atoms with E-state index in [1.165, 1.54) is 5.19 Å². The second-order valence-corrected chi connectivity index (χ2v) is 9.33. The van der Waals surface area contributed by atoms with Crippen molar-refractivity contribution < 1.29 is 4.74 Å². The minimum absolute atomic E-state index is 0.461. The van der Waals surface area contributed by atoms with Crippen molar-refractivity contribution in [2.45, 2.75) is 19.6 Å². The average molecular weight is 216 g/mol. The normalized spacial score (nSPS) is 11.5. The summed E-state index contributed by atoms with van der Waals surface area (Å²) < 4.78 is 5.24. The van der Waals surface area contributed by atoms with E-state index < -0.39 is 8.07 Å².